The first kappa shape index (κ1) is 18.3. The topological polar surface area (TPSA) is 68.6 Å². The van der Waals surface area contributed by atoms with Gasteiger partial charge < -0.3 is 15.2 Å². The zero-order valence-electron chi connectivity index (χ0n) is 15.3. The Morgan fingerprint density at radius 3 is 2.00 bits per heavy atom. The molecule has 6 rings (SSSR count). The maximum absolute atomic E-state index is 10.7. The van der Waals surface area contributed by atoms with Gasteiger partial charge in [0.1, 0.15) is 0 Å². The molecule has 1 unspecified atom stereocenters. The normalized spacial score (nSPS) is 15.5. The number of fused-ring (bicyclic) bond motifs is 1. The van der Waals surface area contributed by atoms with Crippen molar-refractivity contribution in [1.82, 2.24) is 4.98 Å². The molecule has 0 aromatic carbocycles. The number of aliphatic hydroxyl groups excluding tert-OH is 1. The van der Waals surface area contributed by atoms with E-state index < -0.39 is 6.23 Å². The van der Waals surface area contributed by atoms with Gasteiger partial charge in [0.2, 0.25) is 0 Å². The first-order valence-electron chi connectivity index (χ1n) is 9.18. The molecule has 148 valence electrons. The Balaban J connectivity index is 1.41. The van der Waals surface area contributed by atoms with E-state index in [1.54, 1.807) is 45.3 Å². The number of H-pyrrole nitrogens is 1. The van der Waals surface area contributed by atoms with E-state index in [2.05, 4.69) is 45.0 Å². The van der Waals surface area contributed by atoms with E-state index in [1.807, 2.05) is 24.3 Å². The highest BCUT2D eigenvalue weighted by molar-refractivity contribution is 7.23. The van der Waals surface area contributed by atoms with Crippen molar-refractivity contribution in [2.75, 3.05) is 0 Å². The van der Waals surface area contributed by atoms with Crippen LogP contribution in [0, 0.1) is 0 Å². The minimum Gasteiger partial charge on any atom is -0.494 e. The van der Waals surface area contributed by atoms with E-state index in [4.69, 9.17) is 0 Å². The Hall–Kier alpha value is -2.49. The summed E-state index contributed by atoms with van der Waals surface area (Å²) in [6, 6.07) is 16.4. The molecule has 0 spiro atoms. The number of nitrogens with zero attached hydrogens (tertiary/aromatic N) is 1. The molecule has 8 heteroatoms. The lowest BCUT2D eigenvalue weighted by Crippen LogP contribution is -1.96. The van der Waals surface area contributed by atoms with Gasteiger partial charge in [0.15, 0.2) is 12.1 Å². The first-order chi connectivity index (χ1) is 14.7. The molecule has 4 nitrogen and oxygen atoms in total. The molecule has 0 amide bonds. The van der Waals surface area contributed by atoms with Crippen molar-refractivity contribution >= 4 is 51.1 Å². The first-order valence-corrected chi connectivity index (χ1v) is 12.6. The number of aromatic nitrogens is 1. The second-order valence-corrected chi connectivity index (χ2v) is 10.8. The molecule has 0 saturated carbocycles. The van der Waals surface area contributed by atoms with Crippen LogP contribution < -0.4 is 0 Å². The van der Waals surface area contributed by atoms with Crippen LogP contribution in [0.25, 0.3) is 30.1 Å². The van der Waals surface area contributed by atoms with Crippen molar-refractivity contribution in [3.8, 4) is 36.0 Å². The molecule has 3 N–H and O–H groups in total. The van der Waals surface area contributed by atoms with Crippen LogP contribution >= 0.6 is 45.3 Å². The lowest BCUT2D eigenvalue weighted by atomic mass is 10.1. The van der Waals surface area contributed by atoms with Gasteiger partial charge in [0, 0.05) is 25.1 Å². The molecule has 1 atom stereocenters. The lowest BCUT2D eigenvalue weighted by Gasteiger charge is -2.02. The number of rotatable bonds is 4. The summed E-state index contributed by atoms with van der Waals surface area (Å²) in [5.41, 5.74) is 2.62. The van der Waals surface area contributed by atoms with E-state index in [1.165, 1.54) is 9.75 Å². The van der Waals surface area contributed by atoms with Crippen molar-refractivity contribution in [3.05, 3.63) is 75.3 Å². The summed E-state index contributed by atoms with van der Waals surface area (Å²) in [4.78, 5) is 14.2. The van der Waals surface area contributed by atoms with Crippen molar-refractivity contribution < 1.29 is 10.2 Å². The minimum atomic E-state index is -0.998. The van der Waals surface area contributed by atoms with Crippen molar-refractivity contribution in [3.63, 3.8) is 0 Å². The lowest BCUT2D eigenvalue weighted by molar-refractivity contribution is 0.193. The predicted molar refractivity (Wildman–Crippen MR) is 127 cm³/mol. The third kappa shape index (κ3) is 2.84. The smallest absolute Gasteiger partial charge is 0.199 e. The third-order valence-corrected chi connectivity index (χ3v) is 9.31. The van der Waals surface area contributed by atoms with Gasteiger partial charge in [-0.2, -0.15) is 0 Å². The number of aromatic hydroxyl groups is 1. The fourth-order valence-electron chi connectivity index (χ4n) is 3.67. The van der Waals surface area contributed by atoms with Crippen LogP contribution in [0.1, 0.15) is 22.2 Å². The van der Waals surface area contributed by atoms with Gasteiger partial charge in [-0.15, -0.1) is 45.3 Å². The highest BCUT2D eigenvalue weighted by Gasteiger charge is 2.34. The Labute approximate surface area is 188 Å². The summed E-state index contributed by atoms with van der Waals surface area (Å²) in [6.45, 7) is 0. The van der Waals surface area contributed by atoms with Gasteiger partial charge in [-0.1, -0.05) is 12.1 Å². The van der Waals surface area contributed by atoms with Gasteiger partial charge >= 0.3 is 0 Å². The second kappa shape index (κ2) is 7.04. The van der Waals surface area contributed by atoms with Crippen LogP contribution in [-0.4, -0.2) is 20.9 Å². The maximum Gasteiger partial charge on any atom is 0.199 e. The fourth-order valence-corrected chi connectivity index (χ4v) is 7.37. The monoisotopic (exact) mass is 466 g/mol. The quantitative estimate of drug-likeness (QED) is 0.272. The zero-order valence-corrected chi connectivity index (χ0v) is 18.6. The number of aromatic amines is 1. The van der Waals surface area contributed by atoms with Crippen LogP contribution in [0.5, 0.6) is 5.88 Å². The van der Waals surface area contributed by atoms with E-state index in [0.717, 1.165) is 25.2 Å². The van der Waals surface area contributed by atoms with E-state index >= 15 is 0 Å². The second-order valence-electron chi connectivity index (χ2n) is 6.77. The van der Waals surface area contributed by atoms with Crippen molar-refractivity contribution in [2.24, 2.45) is 4.99 Å². The molecule has 5 aromatic rings. The molecule has 1 aliphatic rings. The van der Waals surface area contributed by atoms with Crippen molar-refractivity contribution in [2.45, 2.75) is 6.23 Å². The number of aliphatic hydroxyl groups is 1. The summed E-state index contributed by atoms with van der Waals surface area (Å²) < 4.78 is 0. The summed E-state index contributed by atoms with van der Waals surface area (Å²) in [5.74, 6) is 0.0486. The minimum absolute atomic E-state index is 0.0486. The average Bonchev–Trinajstić information content (AvgIpc) is 3.54. The van der Waals surface area contributed by atoms with Gasteiger partial charge in [0.25, 0.3) is 0 Å². The average molecular weight is 467 g/mol. The highest BCUT2D eigenvalue weighted by Crippen LogP contribution is 2.46. The summed E-state index contributed by atoms with van der Waals surface area (Å²) in [7, 11) is 0. The SMILES string of the molecule is Oc1[nH]c(-c2ccc(-c3cccs3)s2)c2c1C(c1ccc(-c3cccs3)s1)=NC2O. The number of nitrogens with one attached hydrogen (secondary N) is 1. The van der Waals surface area contributed by atoms with Crippen LogP contribution in [0.15, 0.2) is 64.3 Å². The molecule has 0 aliphatic carbocycles. The highest BCUT2D eigenvalue weighted by atomic mass is 32.1. The molecule has 0 bridgehead atoms. The van der Waals surface area contributed by atoms with Crippen LogP contribution in [0.2, 0.25) is 0 Å². The van der Waals surface area contributed by atoms with E-state index in [9.17, 15) is 10.2 Å². The van der Waals surface area contributed by atoms with Crippen LogP contribution in [0.4, 0.5) is 0 Å². The van der Waals surface area contributed by atoms with Gasteiger partial charge in [-0.05, 0) is 47.2 Å². The Morgan fingerprint density at radius 2 is 1.37 bits per heavy atom. The molecule has 6 heterocycles. The van der Waals surface area contributed by atoms with Crippen molar-refractivity contribution in [1.29, 1.82) is 0 Å². The molecule has 5 aromatic heterocycles. The van der Waals surface area contributed by atoms with Crippen LogP contribution in [-0.2, 0) is 0 Å². The Bertz CT molecular complexity index is 1370. The molecule has 0 fully saturated rings. The molecule has 0 saturated heterocycles. The number of hydrogen-bond donors (Lipinski definition) is 3. The summed E-state index contributed by atoms with van der Waals surface area (Å²) in [6.07, 6.45) is -0.998. The van der Waals surface area contributed by atoms with E-state index in [0.29, 0.717) is 16.8 Å². The standard InChI is InChI=1S/C22H14N2O2S4/c25-21-17-18(20(24-21)16-8-6-14(30-16)12-4-2-10-28-12)22(26)23-19(17)15-7-5-13(29-15)11-3-1-9-27-11/h1-10,21,23,25-26H. The van der Waals surface area contributed by atoms with Gasteiger partial charge in [-0.3, -0.25) is 0 Å². The maximum atomic E-state index is 10.7. The molecule has 1 aliphatic heterocycles. The summed E-state index contributed by atoms with van der Waals surface area (Å²) in [5, 5.41) is 25.6. The van der Waals surface area contributed by atoms with E-state index in [-0.39, 0.29) is 5.88 Å². The van der Waals surface area contributed by atoms with Gasteiger partial charge in [0.05, 0.1) is 26.7 Å². The zero-order chi connectivity index (χ0) is 20.2. The fraction of sp³-hybridized carbons (Fsp3) is 0.0455. The molecule has 0 radical (unpaired) electrons. The van der Waals surface area contributed by atoms with Crippen LogP contribution in [0.3, 0.4) is 0 Å². The van der Waals surface area contributed by atoms with Gasteiger partial charge in [-0.25, -0.2) is 4.99 Å². The third-order valence-electron chi connectivity index (χ3n) is 4.99. The number of thiophene rings is 4. The largest absolute Gasteiger partial charge is 0.494 e. The summed E-state index contributed by atoms with van der Waals surface area (Å²) >= 11 is 6.64. The number of aliphatic imine (C=N–C) groups is 1. The number of hydrogen-bond acceptors (Lipinski definition) is 7. The molecular weight excluding hydrogens is 453 g/mol. The predicted octanol–water partition coefficient (Wildman–Crippen LogP) is 6.81. The Morgan fingerprint density at radius 1 is 0.767 bits per heavy atom. The molecule has 30 heavy (non-hydrogen) atoms. The molecular formula is C22H14N2O2S4. The Kier molecular flexibility index (Phi) is 4.29.